The summed E-state index contributed by atoms with van der Waals surface area (Å²) in [4.78, 5) is 16.8. The zero-order chi connectivity index (χ0) is 17.8. The topological polar surface area (TPSA) is 51.2 Å². The molecule has 4 nitrogen and oxygen atoms in total. The Morgan fingerprint density at radius 1 is 1.40 bits per heavy atom. The summed E-state index contributed by atoms with van der Waals surface area (Å²) in [6.45, 7) is 4.72. The van der Waals surface area contributed by atoms with E-state index in [1.807, 2.05) is 13.0 Å². The Balaban J connectivity index is 1.56. The number of hydrogen-bond donors (Lipinski definition) is 1. The number of carbonyl (C=O) groups is 1. The number of carbonyl (C=O) groups excluding carboxylic acids is 1. The predicted molar refractivity (Wildman–Crippen MR) is 101 cm³/mol. The van der Waals surface area contributed by atoms with Crippen LogP contribution in [0.2, 0.25) is 0 Å². The van der Waals surface area contributed by atoms with E-state index < -0.39 is 0 Å². The van der Waals surface area contributed by atoms with Gasteiger partial charge in [-0.1, -0.05) is 12.1 Å². The summed E-state index contributed by atoms with van der Waals surface area (Å²) >= 11 is 1.65. The number of nitrogens with zero attached hydrogens (tertiary/aromatic N) is 1. The Hall–Kier alpha value is -1.88. The molecule has 1 unspecified atom stereocenters. The van der Waals surface area contributed by atoms with Crippen molar-refractivity contribution < 1.29 is 9.53 Å². The number of thiazole rings is 1. The highest BCUT2D eigenvalue weighted by Gasteiger charge is 2.33. The summed E-state index contributed by atoms with van der Waals surface area (Å²) in [5, 5.41) is 6.20. The maximum atomic E-state index is 12.4. The fourth-order valence-electron chi connectivity index (χ4n) is 3.31. The van der Waals surface area contributed by atoms with Gasteiger partial charge in [-0.05, 0) is 55.7 Å². The van der Waals surface area contributed by atoms with E-state index in [2.05, 4.69) is 34.7 Å². The Bertz CT molecular complexity index is 737. The van der Waals surface area contributed by atoms with Gasteiger partial charge in [0.2, 0.25) is 5.91 Å². The van der Waals surface area contributed by atoms with Crippen LogP contribution >= 0.6 is 11.3 Å². The van der Waals surface area contributed by atoms with Gasteiger partial charge in [0.15, 0.2) is 0 Å². The summed E-state index contributed by atoms with van der Waals surface area (Å²) in [5.41, 5.74) is 3.45. The predicted octanol–water partition coefficient (Wildman–Crippen LogP) is 4.01. The molecule has 0 spiro atoms. The van der Waals surface area contributed by atoms with Crippen LogP contribution in [-0.2, 0) is 11.2 Å². The van der Waals surface area contributed by atoms with Crippen molar-refractivity contribution in [2.24, 2.45) is 5.92 Å². The molecule has 1 saturated carbocycles. The second-order valence-electron chi connectivity index (χ2n) is 6.83. The van der Waals surface area contributed by atoms with Crippen molar-refractivity contribution in [2.45, 2.75) is 45.4 Å². The van der Waals surface area contributed by atoms with Crippen molar-refractivity contribution in [3.63, 3.8) is 0 Å². The molecule has 0 bridgehead atoms. The molecule has 1 aliphatic rings. The lowest BCUT2D eigenvalue weighted by Crippen LogP contribution is -2.27. The van der Waals surface area contributed by atoms with Crippen molar-refractivity contribution in [1.82, 2.24) is 10.3 Å². The molecule has 0 aliphatic heterocycles. The average molecular weight is 359 g/mol. The molecule has 1 aromatic heterocycles. The third kappa shape index (κ3) is 4.82. The third-order valence-corrected chi connectivity index (χ3v) is 5.64. The minimum Gasteiger partial charge on any atom is -0.496 e. The summed E-state index contributed by atoms with van der Waals surface area (Å²) in [5.74, 6) is 1.99. The van der Waals surface area contributed by atoms with Crippen LogP contribution in [0.15, 0.2) is 23.6 Å². The van der Waals surface area contributed by atoms with E-state index >= 15 is 0 Å². The summed E-state index contributed by atoms with van der Waals surface area (Å²) in [7, 11) is 1.69. The molecule has 1 atom stereocenters. The molecule has 1 N–H and O–H groups in total. The first-order chi connectivity index (χ1) is 12.1. The molecule has 1 fully saturated rings. The second kappa shape index (κ2) is 8.00. The molecule has 5 heteroatoms. The molecule has 134 valence electrons. The molecule has 0 saturated heterocycles. The zero-order valence-corrected chi connectivity index (χ0v) is 16.0. The van der Waals surface area contributed by atoms with Gasteiger partial charge in [-0.2, -0.15) is 0 Å². The fraction of sp³-hybridized carbons (Fsp3) is 0.500. The summed E-state index contributed by atoms with van der Waals surface area (Å²) in [6, 6.07) is 6.30. The first kappa shape index (κ1) is 17.9. The van der Waals surface area contributed by atoms with Crippen LogP contribution in [0.25, 0.3) is 0 Å². The third-order valence-electron chi connectivity index (χ3n) is 4.81. The number of rotatable bonds is 8. The van der Waals surface area contributed by atoms with Gasteiger partial charge in [-0.25, -0.2) is 4.98 Å². The van der Waals surface area contributed by atoms with Crippen LogP contribution in [0.4, 0.5) is 0 Å². The molecule has 1 amide bonds. The maximum Gasteiger partial charge on any atom is 0.220 e. The van der Waals surface area contributed by atoms with E-state index in [4.69, 9.17) is 4.74 Å². The Morgan fingerprint density at radius 3 is 2.80 bits per heavy atom. The summed E-state index contributed by atoms with van der Waals surface area (Å²) in [6.07, 6.45) is 3.81. The van der Waals surface area contributed by atoms with Gasteiger partial charge in [0.05, 0.1) is 17.8 Å². The van der Waals surface area contributed by atoms with Crippen LogP contribution in [-0.4, -0.2) is 24.5 Å². The number of methoxy groups -OCH3 is 1. The Morgan fingerprint density at radius 2 is 2.20 bits per heavy atom. The van der Waals surface area contributed by atoms with Gasteiger partial charge in [-0.3, -0.25) is 4.79 Å². The normalized spacial score (nSPS) is 15.0. The molecule has 25 heavy (non-hydrogen) atoms. The van der Waals surface area contributed by atoms with E-state index in [1.165, 1.54) is 18.4 Å². The van der Waals surface area contributed by atoms with Gasteiger partial charge in [0.1, 0.15) is 5.75 Å². The van der Waals surface area contributed by atoms with E-state index in [0.29, 0.717) is 24.8 Å². The second-order valence-corrected chi connectivity index (χ2v) is 7.90. The molecule has 3 rings (SSSR count). The highest BCUT2D eigenvalue weighted by Crippen LogP contribution is 2.45. The van der Waals surface area contributed by atoms with Crippen LogP contribution < -0.4 is 10.1 Å². The number of ether oxygens (including phenoxy) is 1. The van der Waals surface area contributed by atoms with Crippen LogP contribution in [0.3, 0.4) is 0 Å². The summed E-state index contributed by atoms with van der Waals surface area (Å²) < 4.78 is 5.35. The number of benzene rings is 1. The lowest BCUT2D eigenvalue weighted by Gasteiger charge is -2.18. The first-order valence-electron chi connectivity index (χ1n) is 8.89. The zero-order valence-electron chi connectivity index (χ0n) is 15.2. The molecule has 1 heterocycles. The van der Waals surface area contributed by atoms with E-state index in [9.17, 15) is 4.79 Å². The smallest absolute Gasteiger partial charge is 0.220 e. The monoisotopic (exact) mass is 358 g/mol. The van der Waals surface area contributed by atoms with Crippen LogP contribution in [0, 0.1) is 19.8 Å². The van der Waals surface area contributed by atoms with E-state index in [0.717, 1.165) is 28.4 Å². The van der Waals surface area contributed by atoms with Crippen molar-refractivity contribution in [3.8, 4) is 5.75 Å². The van der Waals surface area contributed by atoms with Gasteiger partial charge in [0, 0.05) is 24.8 Å². The van der Waals surface area contributed by atoms with E-state index in [1.54, 1.807) is 18.4 Å². The Labute approximate surface area is 153 Å². The maximum absolute atomic E-state index is 12.4. The van der Waals surface area contributed by atoms with Crippen molar-refractivity contribution in [3.05, 3.63) is 45.4 Å². The SMILES string of the molecule is COc1ccc(C(CC(=O)NCCc2csc(C)n2)C2CC2)cc1C. The van der Waals surface area contributed by atoms with E-state index in [-0.39, 0.29) is 5.91 Å². The molecule has 1 aromatic carbocycles. The molecular formula is C20H26N2O2S. The van der Waals surface area contributed by atoms with Crippen LogP contribution in [0.5, 0.6) is 5.75 Å². The largest absolute Gasteiger partial charge is 0.496 e. The fourth-order valence-corrected chi connectivity index (χ4v) is 3.96. The standard InChI is InChI=1S/C20H26N2O2S/c1-13-10-16(6-7-19(13)24-3)18(15-4-5-15)11-20(23)21-9-8-17-12-25-14(2)22-17/h6-7,10,12,15,18H,4-5,8-9,11H2,1-3H3,(H,21,23). The lowest BCUT2D eigenvalue weighted by atomic mass is 9.89. The number of hydrogen-bond acceptors (Lipinski definition) is 4. The first-order valence-corrected chi connectivity index (χ1v) is 9.77. The minimum absolute atomic E-state index is 0.136. The highest BCUT2D eigenvalue weighted by molar-refractivity contribution is 7.09. The molecular weight excluding hydrogens is 332 g/mol. The van der Waals surface area contributed by atoms with Gasteiger partial charge in [-0.15, -0.1) is 11.3 Å². The minimum atomic E-state index is 0.136. The van der Waals surface area contributed by atoms with Crippen molar-refractivity contribution in [1.29, 1.82) is 0 Å². The molecule has 1 aliphatic carbocycles. The number of aryl methyl sites for hydroxylation is 2. The lowest BCUT2D eigenvalue weighted by molar-refractivity contribution is -0.121. The Kier molecular flexibility index (Phi) is 5.74. The average Bonchev–Trinajstić information content (AvgIpc) is 3.35. The quantitative estimate of drug-likeness (QED) is 0.776. The number of nitrogens with one attached hydrogen (secondary N) is 1. The van der Waals surface area contributed by atoms with Crippen LogP contribution in [0.1, 0.15) is 47.0 Å². The van der Waals surface area contributed by atoms with Crippen molar-refractivity contribution >= 4 is 17.2 Å². The highest BCUT2D eigenvalue weighted by atomic mass is 32.1. The number of aromatic nitrogens is 1. The van der Waals surface area contributed by atoms with Gasteiger partial charge >= 0.3 is 0 Å². The molecule has 0 radical (unpaired) electrons. The van der Waals surface area contributed by atoms with Gasteiger partial charge < -0.3 is 10.1 Å². The van der Waals surface area contributed by atoms with Gasteiger partial charge in [0.25, 0.3) is 0 Å². The van der Waals surface area contributed by atoms with Crippen molar-refractivity contribution in [2.75, 3.05) is 13.7 Å². The molecule has 2 aromatic rings. The number of amides is 1.